The number of rotatable bonds is 5. The van der Waals surface area contributed by atoms with Gasteiger partial charge in [0.05, 0.1) is 12.7 Å². The predicted molar refractivity (Wildman–Crippen MR) is 100 cm³/mol. The van der Waals surface area contributed by atoms with Gasteiger partial charge in [0.25, 0.3) is 5.91 Å². The summed E-state index contributed by atoms with van der Waals surface area (Å²) in [6, 6.07) is 11.1. The van der Waals surface area contributed by atoms with Crippen molar-refractivity contribution >= 4 is 22.6 Å². The van der Waals surface area contributed by atoms with E-state index in [0.29, 0.717) is 11.3 Å². The summed E-state index contributed by atoms with van der Waals surface area (Å²) in [4.78, 5) is 25.0. The van der Waals surface area contributed by atoms with Crippen molar-refractivity contribution in [3.63, 3.8) is 0 Å². The van der Waals surface area contributed by atoms with Crippen molar-refractivity contribution in [2.75, 3.05) is 7.11 Å². The maximum absolute atomic E-state index is 12.6. The van der Waals surface area contributed by atoms with Crippen molar-refractivity contribution < 1.29 is 19.1 Å². The molecule has 5 nitrogen and oxygen atoms in total. The van der Waals surface area contributed by atoms with Crippen LogP contribution in [0.2, 0.25) is 0 Å². The molecular weight excluding hydrogens is 330 g/mol. The van der Waals surface area contributed by atoms with Gasteiger partial charge in [-0.15, -0.1) is 0 Å². The molecule has 0 heterocycles. The Morgan fingerprint density at radius 3 is 2.42 bits per heavy atom. The van der Waals surface area contributed by atoms with Gasteiger partial charge in [-0.3, -0.25) is 4.79 Å². The Hall–Kier alpha value is -2.56. The number of hydrogen-bond acceptors (Lipinski definition) is 4. The average molecular weight is 355 g/mol. The summed E-state index contributed by atoms with van der Waals surface area (Å²) in [7, 11) is 1.59. The molecule has 1 saturated carbocycles. The number of ether oxygens (including phenoxy) is 2. The fourth-order valence-corrected chi connectivity index (χ4v) is 3.47. The summed E-state index contributed by atoms with van der Waals surface area (Å²) < 4.78 is 10.8. The van der Waals surface area contributed by atoms with E-state index in [1.807, 2.05) is 24.3 Å². The van der Waals surface area contributed by atoms with Gasteiger partial charge in [-0.1, -0.05) is 43.5 Å². The minimum atomic E-state index is -0.828. The Morgan fingerprint density at radius 2 is 1.73 bits per heavy atom. The molecule has 26 heavy (non-hydrogen) atoms. The number of carbonyl (C=O) groups is 2. The Balaban J connectivity index is 1.71. The minimum Gasteiger partial charge on any atom is -0.496 e. The van der Waals surface area contributed by atoms with Gasteiger partial charge in [-0.2, -0.15) is 0 Å². The summed E-state index contributed by atoms with van der Waals surface area (Å²) in [5.74, 6) is -0.0431. The van der Waals surface area contributed by atoms with Gasteiger partial charge in [-0.05, 0) is 37.3 Å². The Labute approximate surface area is 153 Å². The number of hydrogen-bond donors (Lipinski definition) is 1. The van der Waals surface area contributed by atoms with E-state index in [9.17, 15) is 9.59 Å². The zero-order chi connectivity index (χ0) is 18.5. The van der Waals surface area contributed by atoms with Crippen LogP contribution in [0.1, 0.15) is 49.4 Å². The number of esters is 1. The molecule has 2 aromatic carbocycles. The number of fused-ring (bicyclic) bond motifs is 1. The smallest absolute Gasteiger partial charge is 0.339 e. The fourth-order valence-electron chi connectivity index (χ4n) is 3.47. The molecule has 1 amide bonds. The van der Waals surface area contributed by atoms with Crippen LogP contribution in [-0.2, 0) is 9.53 Å². The molecule has 1 aliphatic rings. The SMILES string of the molecule is COc1ccc(C(=O)O[C@H](C)C(=O)NC2CCCCC2)c2ccccc12. The number of amides is 1. The quantitative estimate of drug-likeness (QED) is 0.828. The van der Waals surface area contributed by atoms with E-state index < -0.39 is 12.1 Å². The van der Waals surface area contributed by atoms with Crippen LogP contribution in [0, 0.1) is 0 Å². The topological polar surface area (TPSA) is 64.6 Å². The van der Waals surface area contributed by atoms with Crippen LogP contribution in [0.25, 0.3) is 10.8 Å². The number of carbonyl (C=O) groups excluding carboxylic acids is 2. The van der Waals surface area contributed by atoms with Gasteiger partial charge in [0.15, 0.2) is 6.10 Å². The van der Waals surface area contributed by atoms with E-state index in [1.54, 1.807) is 26.2 Å². The first-order valence-corrected chi connectivity index (χ1v) is 9.17. The van der Waals surface area contributed by atoms with Crippen LogP contribution in [0.5, 0.6) is 5.75 Å². The first-order valence-electron chi connectivity index (χ1n) is 9.17. The molecule has 1 atom stereocenters. The third-order valence-electron chi connectivity index (χ3n) is 4.93. The molecule has 0 unspecified atom stereocenters. The Kier molecular flexibility index (Phi) is 5.76. The highest BCUT2D eigenvalue weighted by molar-refractivity contribution is 6.06. The van der Waals surface area contributed by atoms with E-state index in [2.05, 4.69) is 5.32 Å². The maximum Gasteiger partial charge on any atom is 0.339 e. The average Bonchev–Trinajstić information content (AvgIpc) is 2.67. The van der Waals surface area contributed by atoms with Crippen molar-refractivity contribution in [1.82, 2.24) is 5.32 Å². The predicted octanol–water partition coefficient (Wildman–Crippen LogP) is 3.84. The van der Waals surface area contributed by atoms with Crippen LogP contribution in [0.4, 0.5) is 0 Å². The van der Waals surface area contributed by atoms with E-state index >= 15 is 0 Å². The van der Waals surface area contributed by atoms with E-state index in [1.165, 1.54) is 6.42 Å². The van der Waals surface area contributed by atoms with Crippen LogP contribution in [-0.4, -0.2) is 31.1 Å². The second-order valence-electron chi connectivity index (χ2n) is 6.75. The minimum absolute atomic E-state index is 0.194. The molecule has 0 saturated heterocycles. The fraction of sp³-hybridized carbons (Fsp3) is 0.429. The van der Waals surface area contributed by atoms with E-state index in [0.717, 1.165) is 36.5 Å². The summed E-state index contributed by atoms with van der Waals surface area (Å²) in [6.45, 7) is 1.61. The van der Waals surface area contributed by atoms with Gasteiger partial charge in [-0.25, -0.2) is 4.79 Å². The second kappa shape index (κ2) is 8.21. The normalized spacial score (nSPS) is 16.1. The Bertz CT molecular complexity index is 796. The molecule has 2 aromatic rings. The summed E-state index contributed by atoms with van der Waals surface area (Å²) >= 11 is 0. The molecule has 0 bridgehead atoms. The zero-order valence-electron chi connectivity index (χ0n) is 15.3. The second-order valence-corrected chi connectivity index (χ2v) is 6.75. The van der Waals surface area contributed by atoms with Gasteiger partial charge >= 0.3 is 5.97 Å². The zero-order valence-corrected chi connectivity index (χ0v) is 15.3. The molecule has 1 N–H and O–H groups in total. The first kappa shape index (κ1) is 18.2. The van der Waals surface area contributed by atoms with Crippen molar-refractivity contribution in [2.24, 2.45) is 0 Å². The molecule has 0 aromatic heterocycles. The maximum atomic E-state index is 12.6. The standard InChI is InChI=1S/C21H25NO4/c1-14(20(23)22-15-8-4-3-5-9-15)26-21(24)18-12-13-19(25-2)17-11-7-6-10-16(17)18/h6-7,10-15H,3-5,8-9H2,1-2H3,(H,22,23)/t14-/m1/s1. The van der Waals surface area contributed by atoms with Crippen molar-refractivity contribution in [2.45, 2.75) is 51.2 Å². The highest BCUT2D eigenvalue weighted by Gasteiger charge is 2.23. The van der Waals surface area contributed by atoms with Gasteiger partial charge in [0.1, 0.15) is 5.75 Å². The molecule has 0 radical (unpaired) electrons. The van der Waals surface area contributed by atoms with Crippen LogP contribution in [0.15, 0.2) is 36.4 Å². The molecule has 138 valence electrons. The lowest BCUT2D eigenvalue weighted by molar-refractivity contribution is -0.130. The highest BCUT2D eigenvalue weighted by Crippen LogP contribution is 2.29. The van der Waals surface area contributed by atoms with Gasteiger partial charge in [0, 0.05) is 11.4 Å². The monoisotopic (exact) mass is 355 g/mol. The third-order valence-corrected chi connectivity index (χ3v) is 4.93. The lowest BCUT2D eigenvalue weighted by atomic mass is 9.95. The molecule has 3 rings (SSSR count). The number of methoxy groups -OCH3 is 1. The number of benzene rings is 2. The van der Waals surface area contributed by atoms with Gasteiger partial charge in [0.2, 0.25) is 0 Å². The lowest BCUT2D eigenvalue weighted by Crippen LogP contribution is -2.42. The Morgan fingerprint density at radius 1 is 1.04 bits per heavy atom. The van der Waals surface area contributed by atoms with Crippen LogP contribution in [0.3, 0.4) is 0 Å². The molecule has 1 aliphatic carbocycles. The van der Waals surface area contributed by atoms with Gasteiger partial charge < -0.3 is 14.8 Å². The first-order chi connectivity index (χ1) is 12.6. The van der Waals surface area contributed by atoms with Crippen LogP contribution >= 0.6 is 0 Å². The highest BCUT2D eigenvalue weighted by atomic mass is 16.5. The van der Waals surface area contributed by atoms with E-state index in [4.69, 9.17) is 9.47 Å². The molecule has 1 fully saturated rings. The van der Waals surface area contributed by atoms with Crippen molar-refractivity contribution in [3.8, 4) is 5.75 Å². The molecule has 0 aliphatic heterocycles. The number of nitrogens with one attached hydrogen (secondary N) is 1. The lowest BCUT2D eigenvalue weighted by Gasteiger charge is -2.24. The largest absolute Gasteiger partial charge is 0.496 e. The van der Waals surface area contributed by atoms with Crippen molar-refractivity contribution in [1.29, 1.82) is 0 Å². The molecule has 5 heteroatoms. The van der Waals surface area contributed by atoms with Crippen LogP contribution < -0.4 is 10.1 Å². The summed E-state index contributed by atoms with van der Waals surface area (Å²) in [6.07, 6.45) is 4.66. The molecule has 0 spiro atoms. The summed E-state index contributed by atoms with van der Waals surface area (Å²) in [5, 5.41) is 4.58. The third kappa shape index (κ3) is 3.98. The molecular formula is C21H25NO4. The van der Waals surface area contributed by atoms with E-state index in [-0.39, 0.29) is 11.9 Å². The summed E-state index contributed by atoms with van der Waals surface area (Å²) in [5.41, 5.74) is 0.429. The van der Waals surface area contributed by atoms with Crippen molar-refractivity contribution in [3.05, 3.63) is 42.0 Å².